The van der Waals surface area contributed by atoms with Gasteiger partial charge in [0.15, 0.2) is 0 Å². The van der Waals surface area contributed by atoms with Crippen LogP contribution >= 0.6 is 22.9 Å². The minimum atomic E-state index is 0.204. The van der Waals surface area contributed by atoms with Crippen LogP contribution < -0.4 is 5.32 Å². The lowest BCUT2D eigenvalue weighted by Gasteiger charge is -2.27. The molecule has 4 heteroatoms. The van der Waals surface area contributed by atoms with E-state index in [4.69, 9.17) is 16.9 Å². The van der Waals surface area contributed by atoms with Gasteiger partial charge in [-0.2, -0.15) is 5.26 Å². The zero-order valence-corrected chi connectivity index (χ0v) is 11.4. The van der Waals surface area contributed by atoms with Gasteiger partial charge in [-0.3, -0.25) is 0 Å². The number of hydrogen-bond donors (Lipinski definition) is 1. The van der Waals surface area contributed by atoms with E-state index in [0.717, 1.165) is 30.1 Å². The summed E-state index contributed by atoms with van der Waals surface area (Å²) >= 11 is 7.53. The van der Waals surface area contributed by atoms with Crippen molar-refractivity contribution in [3.63, 3.8) is 0 Å². The highest BCUT2D eigenvalue weighted by molar-refractivity contribution is 7.16. The molecule has 2 unspecified atom stereocenters. The molecule has 1 fully saturated rings. The smallest absolute Gasteiger partial charge is 0.0931 e. The van der Waals surface area contributed by atoms with Crippen LogP contribution in [0.25, 0.3) is 0 Å². The van der Waals surface area contributed by atoms with Crippen LogP contribution in [0.5, 0.6) is 0 Å². The molecule has 1 heterocycles. The van der Waals surface area contributed by atoms with E-state index < -0.39 is 0 Å². The van der Waals surface area contributed by atoms with Crippen molar-refractivity contribution < 1.29 is 0 Å². The van der Waals surface area contributed by atoms with Crippen LogP contribution in [0, 0.1) is 17.2 Å². The molecule has 2 nitrogen and oxygen atoms in total. The zero-order chi connectivity index (χ0) is 12.1. The van der Waals surface area contributed by atoms with Gasteiger partial charge in [-0.15, -0.1) is 11.3 Å². The van der Waals surface area contributed by atoms with Crippen molar-refractivity contribution in [3.05, 3.63) is 21.3 Å². The third-order valence-electron chi connectivity index (χ3n) is 3.34. The topological polar surface area (TPSA) is 35.8 Å². The van der Waals surface area contributed by atoms with Crippen molar-refractivity contribution >= 4 is 22.9 Å². The van der Waals surface area contributed by atoms with Crippen molar-refractivity contribution in [2.24, 2.45) is 5.92 Å². The van der Waals surface area contributed by atoms with E-state index in [-0.39, 0.29) is 5.92 Å². The van der Waals surface area contributed by atoms with E-state index in [9.17, 15) is 0 Å². The third kappa shape index (κ3) is 3.70. The van der Waals surface area contributed by atoms with Crippen LogP contribution in [0.1, 0.15) is 30.6 Å². The number of halogens is 1. The van der Waals surface area contributed by atoms with Crippen LogP contribution in [0.2, 0.25) is 4.34 Å². The van der Waals surface area contributed by atoms with Gasteiger partial charge >= 0.3 is 0 Å². The Bertz CT molecular complexity index is 396. The number of nitriles is 1. The molecular formula is C13H17ClN2S. The summed E-state index contributed by atoms with van der Waals surface area (Å²) in [6.45, 7) is 0.944. The summed E-state index contributed by atoms with van der Waals surface area (Å²) < 4.78 is 0.854. The molecule has 1 aromatic heterocycles. The first-order valence-corrected chi connectivity index (χ1v) is 7.36. The molecule has 0 aliphatic heterocycles. The van der Waals surface area contributed by atoms with E-state index in [1.165, 1.54) is 17.7 Å². The van der Waals surface area contributed by atoms with Gasteiger partial charge in [0.25, 0.3) is 0 Å². The van der Waals surface area contributed by atoms with E-state index in [1.807, 2.05) is 6.07 Å². The van der Waals surface area contributed by atoms with Gasteiger partial charge in [0.2, 0.25) is 0 Å². The first kappa shape index (κ1) is 12.9. The highest BCUT2D eigenvalue weighted by atomic mass is 35.5. The number of nitrogens with one attached hydrogen (secondary N) is 1. The summed E-state index contributed by atoms with van der Waals surface area (Å²) in [5, 5.41) is 12.6. The molecule has 1 aliphatic rings. The van der Waals surface area contributed by atoms with Crippen LogP contribution in [0.4, 0.5) is 0 Å². The predicted molar refractivity (Wildman–Crippen MR) is 72.4 cm³/mol. The Hall–Kier alpha value is -0.560. The SMILES string of the molecule is N#CC1CCCCC1NCCc1ccc(Cl)s1. The first-order chi connectivity index (χ1) is 8.29. The van der Waals surface area contributed by atoms with Gasteiger partial charge in [0.05, 0.1) is 16.3 Å². The zero-order valence-electron chi connectivity index (χ0n) is 9.79. The number of thiophene rings is 1. The molecule has 0 spiro atoms. The number of nitrogens with zero attached hydrogens (tertiary/aromatic N) is 1. The average Bonchev–Trinajstić information content (AvgIpc) is 2.76. The molecule has 92 valence electrons. The fraction of sp³-hybridized carbons (Fsp3) is 0.615. The van der Waals surface area contributed by atoms with Crippen LogP contribution in [-0.2, 0) is 6.42 Å². The summed E-state index contributed by atoms with van der Waals surface area (Å²) in [5.74, 6) is 0.204. The Kier molecular flexibility index (Phi) is 4.85. The largest absolute Gasteiger partial charge is 0.312 e. The first-order valence-electron chi connectivity index (χ1n) is 6.17. The van der Waals surface area contributed by atoms with Crippen LogP contribution in [-0.4, -0.2) is 12.6 Å². The molecule has 1 saturated carbocycles. The normalized spacial score (nSPS) is 24.5. The molecule has 0 saturated heterocycles. The Morgan fingerprint density at radius 2 is 2.24 bits per heavy atom. The molecule has 0 aromatic carbocycles. The van der Waals surface area contributed by atoms with E-state index in [2.05, 4.69) is 17.5 Å². The molecule has 0 bridgehead atoms. The minimum Gasteiger partial charge on any atom is -0.312 e. The summed E-state index contributed by atoms with van der Waals surface area (Å²) in [6, 6.07) is 6.84. The van der Waals surface area contributed by atoms with Gasteiger partial charge in [-0.1, -0.05) is 24.4 Å². The highest BCUT2D eigenvalue weighted by Gasteiger charge is 2.23. The number of hydrogen-bond acceptors (Lipinski definition) is 3. The fourth-order valence-electron chi connectivity index (χ4n) is 2.40. The molecule has 1 aliphatic carbocycles. The minimum absolute atomic E-state index is 0.204. The van der Waals surface area contributed by atoms with Crippen molar-refractivity contribution in [1.29, 1.82) is 5.26 Å². The van der Waals surface area contributed by atoms with Crippen LogP contribution in [0.15, 0.2) is 12.1 Å². The quantitative estimate of drug-likeness (QED) is 0.905. The van der Waals surface area contributed by atoms with Crippen molar-refractivity contribution in [2.75, 3.05) is 6.54 Å². The molecule has 2 atom stereocenters. The monoisotopic (exact) mass is 268 g/mol. The second kappa shape index (κ2) is 6.39. The van der Waals surface area contributed by atoms with E-state index in [1.54, 1.807) is 11.3 Å². The molecule has 2 rings (SSSR count). The second-order valence-corrected chi connectivity index (χ2v) is 6.34. The van der Waals surface area contributed by atoms with Gasteiger partial charge in [-0.05, 0) is 31.4 Å². The Morgan fingerprint density at radius 3 is 2.94 bits per heavy atom. The van der Waals surface area contributed by atoms with Crippen molar-refractivity contribution in [1.82, 2.24) is 5.32 Å². The van der Waals surface area contributed by atoms with Gasteiger partial charge in [0, 0.05) is 17.5 Å². The van der Waals surface area contributed by atoms with E-state index >= 15 is 0 Å². The predicted octanol–water partition coefficient (Wildman–Crippen LogP) is 3.62. The lowest BCUT2D eigenvalue weighted by atomic mass is 9.85. The maximum absolute atomic E-state index is 9.08. The Balaban J connectivity index is 1.76. The van der Waals surface area contributed by atoms with Crippen molar-refractivity contribution in [3.8, 4) is 6.07 Å². The lowest BCUT2D eigenvalue weighted by molar-refractivity contribution is 0.314. The molecular weight excluding hydrogens is 252 g/mol. The van der Waals surface area contributed by atoms with Crippen LogP contribution in [0.3, 0.4) is 0 Å². The standard InChI is InChI=1S/C13H17ClN2S/c14-13-6-5-11(17-13)7-8-16-12-4-2-1-3-10(12)9-15/h5-6,10,12,16H,1-4,7-8H2. The number of rotatable bonds is 4. The maximum atomic E-state index is 9.08. The molecule has 0 radical (unpaired) electrons. The summed E-state index contributed by atoms with van der Waals surface area (Å²) in [6.07, 6.45) is 5.66. The summed E-state index contributed by atoms with van der Waals surface area (Å²) in [4.78, 5) is 1.31. The second-order valence-electron chi connectivity index (χ2n) is 4.54. The van der Waals surface area contributed by atoms with Gasteiger partial charge < -0.3 is 5.32 Å². The summed E-state index contributed by atoms with van der Waals surface area (Å²) in [7, 11) is 0. The molecule has 17 heavy (non-hydrogen) atoms. The van der Waals surface area contributed by atoms with Gasteiger partial charge in [0.1, 0.15) is 0 Å². The maximum Gasteiger partial charge on any atom is 0.0931 e. The fourth-order valence-corrected chi connectivity index (χ4v) is 3.48. The third-order valence-corrected chi connectivity index (χ3v) is 4.63. The summed E-state index contributed by atoms with van der Waals surface area (Å²) in [5.41, 5.74) is 0. The Labute approximate surface area is 112 Å². The Morgan fingerprint density at radius 1 is 1.41 bits per heavy atom. The highest BCUT2D eigenvalue weighted by Crippen LogP contribution is 2.24. The van der Waals surface area contributed by atoms with E-state index in [0.29, 0.717) is 6.04 Å². The average molecular weight is 269 g/mol. The van der Waals surface area contributed by atoms with Gasteiger partial charge in [-0.25, -0.2) is 0 Å². The molecule has 1 aromatic rings. The molecule has 1 N–H and O–H groups in total. The molecule has 0 amide bonds. The van der Waals surface area contributed by atoms with Crippen molar-refractivity contribution in [2.45, 2.75) is 38.1 Å². The lowest BCUT2D eigenvalue weighted by Crippen LogP contribution is -2.38.